The number of nitrogens with one attached hydrogen (secondary N) is 2. The Morgan fingerprint density at radius 2 is 2.29 bits per heavy atom. The van der Waals surface area contributed by atoms with Gasteiger partial charge in [0.05, 0.1) is 9.39 Å². The summed E-state index contributed by atoms with van der Waals surface area (Å²) in [7, 11) is -3.51. The van der Waals surface area contributed by atoms with E-state index in [1.54, 1.807) is 6.07 Å². The average molecular weight is 397 g/mol. The van der Waals surface area contributed by atoms with Gasteiger partial charge in [0.2, 0.25) is 10.0 Å². The van der Waals surface area contributed by atoms with Gasteiger partial charge in [0, 0.05) is 24.6 Å². The van der Waals surface area contributed by atoms with Crippen LogP contribution in [-0.4, -0.2) is 33.7 Å². The standard InChI is InChI=1S/C13H21BrN2O3S2/c1-3-15-8-10-7-11(12(14)20-10)21(17,18)16-9-13(2)5-4-6-19-13/h7,15-16H,3-6,8-9H2,1-2H3. The van der Waals surface area contributed by atoms with E-state index in [9.17, 15) is 8.42 Å². The number of sulfonamides is 1. The van der Waals surface area contributed by atoms with Gasteiger partial charge in [-0.05, 0) is 48.3 Å². The second kappa shape index (κ2) is 7.06. The fraction of sp³-hybridized carbons (Fsp3) is 0.692. The van der Waals surface area contributed by atoms with Crippen molar-refractivity contribution in [2.45, 2.75) is 43.7 Å². The maximum absolute atomic E-state index is 12.4. The van der Waals surface area contributed by atoms with Crippen LogP contribution in [0, 0.1) is 0 Å². The van der Waals surface area contributed by atoms with E-state index in [1.165, 1.54) is 11.3 Å². The smallest absolute Gasteiger partial charge is 0.242 e. The summed E-state index contributed by atoms with van der Waals surface area (Å²) in [4.78, 5) is 1.30. The van der Waals surface area contributed by atoms with Crippen molar-refractivity contribution in [2.24, 2.45) is 0 Å². The molecule has 21 heavy (non-hydrogen) atoms. The molecule has 2 heterocycles. The van der Waals surface area contributed by atoms with Crippen molar-refractivity contribution in [3.8, 4) is 0 Å². The Labute approximate surface area is 138 Å². The minimum atomic E-state index is -3.51. The summed E-state index contributed by atoms with van der Waals surface area (Å²) in [5.41, 5.74) is -0.387. The zero-order valence-electron chi connectivity index (χ0n) is 12.2. The summed E-state index contributed by atoms with van der Waals surface area (Å²) in [5, 5.41) is 3.19. The third-order valence-electron chi connectivity index (χ3n) is 3.48. The first-order chi connectivity index (χ1) is 9.86. The summed E-state index contributed by atoms with van der Waals surface area (Å²) in [6.45, 7) is 6.50. The van der Waals surface area contributed by atoms with Gasteiger partial charge >= 0.3 is 0 Å². The van der Waals surface area contributed by atoms with E-state index in [0.717, 1.165) is 24.3 Å². The van der Waals surface area contributed by atoms with E-state index in [0.29, 0.717) is 28.4 Å². The second-order valence-corrected chi connectivity index (χ2v) is 9.55. The van der Waals surface area contributed by atoms with Crippen LogP contribution in [0.1, 0.15) is 31.6 Å². The van der Waals surface area contributed by atoms with Crippen LogP contribution in [0.5, 0.6) is 0 Å². The molecule has 1 fully saturated rings. The van der Waals surface area contributed by atoms with Crippen molar-refractivity contribution in [1.82, 2.24) is 10.0 Å². The lowest BCUT2D eigenvalue weighted by Crippen LogP contribution is -2.40. The second-order valence-electron chi connectivity index (χ2n) is 5.36. The fourth-order valence-corrected chi connectivity index (χ4v) is 6.02. The van der Waals surface area contributed by atoms with Crippen molar-refractivity contribution in [2.75, 3.05) is 19.7 Å². The molecule has 1 aromatic rings. The topological polar surface area (TPSA) is 67.4 Å². The lowest BCUT2D eigenvalue weighted by molar-refractivity contribution is 0.0250. The van der Waals surface area contributed by atoms with Gasteiger partial charge in [-0.3, -0.25) is 0 Å². The monoisotopic (exact) mass is 396 g/mol. The molecule has 1 aliphatic rings. The van der Waals surface area contributed by atoms with E-state index in [2.05, 4.69) is 26.0 Å². The van der Waals surface area contributed by atoms with Gasteiger partial charge in [-0.15, -0.1) is 11.3 Å². The van der Waals surface area contributed by atoms with Crippen molar-refractivity contribution < 1.29 is 13.2 Å². The molecule has 5 nitrogen and oxygen atoms in total. The Bertz CT molecular complexity index is 580. The molecule has 0 radical (unpaired) electrons. The van der Waals surface area contributed by atoms with E-state index < -0.39 is 10.0 Å². The van der Waals surface area contributed by atoms with Gasteiger partial charge in [-0.25, -0.2) is 13.1 Å². The first kappa shape index (κ1) is 17.4. The summed E-state index contributed by atoms with van der Waals surface area (Å²) in [5.74, 6) is 0. The van der Waals surface area contributed by atoms with Crippen LogP contribution in [0.25, 0.3) is 0 Å². The van der Waals surface area contributed by atoms with E-state index >= 15 is 0 Å². The molecule has 2 N–H and O–H groups in total. The zero-order valence-corrected chi connectivity index (χ0v) is 15.5. The molecule has 0 saturated carbocycles. The normalized spacial score (nSPS) is 22.8. The molecule has 2 rings (SSSR count). The number of ether oxygens (including phenoxy) is 1. The lowest BCUT2D eigenvalue weighted by atomic mass is 10.0. The Morgan fingerprint density at radius 1 is 1.52 bits per heavy atom. The highest BCUT2D eigenvalue weighted by atomic mass is 79.9. The van der Waals surface area contributed by atoms with Crippen molar-refractivity contribution in [3.05, 3.63) is 14.7 Å². The van der Waals surface area contributed by atoms with Crippen molar-refractivity contribution in [1.29, 1.82) is 0 Å². The van der Waals surface area contributed by atoms with E-state index in [4.69, 9.17) is 4.74 Å². The highest BCUT2D eigenvalue weighted by Gasteiger charge is 2.32. The molecule has 0 aliphatic carbocycles. The van der Waals surface area contributed by atoms with Crippen LogP contribution in [0.2, 0.25) is 0 Å². The minimum Gasteiger partial charge on any atom is -0.374 e. The van der Waals surface area contributed by atoms with Crippen LogP contribution >= 0.6 is 27.3 Å². The number of hydrogen-bond donors (Lipinski definition) is 2. The van der Waals surface area contributed by atoms with Crippen LogP contribution in [0.3, 0.4) is 0 Å². The maximum Gasteiger partial charge on any atom is 0.242 e. The van der Waals surface area contributed by atoms with Gasteiger partial charge in [0.1, 0.15) is 4.90 Å². The molecular weight excluding hydrogens is 376 g/mol. The third kappa shape index (κ3) is 4.49. The molecule has 8 heteroatoms. The molecule has 1 aromatic heterocycles. The first-order valence-electron chi connectivity index (χ1n) is 6.99. The molecule has 1 unspecified atom stereocenters. The van der Waals surface area contributed by atoms with Gasteiger partial charge in [0.15, 0.2) is 0 Å². The number of thiophene rings is 1. The SMILES string of the molecule is CCNCc1cc(S(=O)(=O)NCC2(C)CCCO2)c(Br)s1. The lowest BCUT2D eigenvalue weighted by Gasteiger charge is -2.23. The largest absolute Gasteiger partial charge is 0.374 e. The molecule has 0 bridgehead atoms. The zero-order chi connectivity index (χ0) is 15.5. The summed E-state index contributed by atoms with van der Waals surface area (Å²) < 4.78 is 33.8. The summed E-state index contributed by atoms with van der Waals surface area (Å²) in [6.07, 6.45) is 1.86. The van der Waals surface area contributed by atoms with Gasteiger partial charge in [-0.2, -0.15) is 0 Å². The summed E-state index contributed by atoms with van der Waals surface area (Å²) in [6, 6.07) is 1.72. The van der Waals surface area contributed by atoms with Crippen LogP contribution in [-0.2, 0) is 21.3 Å². The highest BCUT2D eigenvalue weighted by molar-refractivity contribution is 9.11. The third-order valence-corrected chi connectivity index (χ3v) is 7.14. The van der Waals surface area contributed by atoms with Crippen LogP contribution < -0.4 is 10.0 Å². The average Bonchev–Trinajstić information content (AvgIpc) is 3.02. The molecule has 120 valence electrons. The van der Waals surface area contributed by atoms with Crippen molar-refractivity contribution >= 4 is 37.3 Å². The maximum atomic E-state index is 12.4. The minimum absolute atomic E-state index is 0.306. The Morgan fingerprint density at radius 3 is 2.90 bits per heavy atom. The Hall–Kier alpha value is 0.01000. The quantitative estimate of drug-likeness (QED) is 0.742. The van der Waals surface area contributed by atoms with Crippen molar-refractivity contribution in [3.63, 3.8) is 0 Å². The predicted molar refractivity (Wildman–Crippen MR) is 88.2 cm³/mol. The molecule has 0 aromatic carbocycles. The predicted octanol–water partition coefficient (Wildman–Crippen LogP) is 2.47. The van der Waals surface area contributed by atoms with E-state index in [-0.39, 0.29) is 5.60 Å². The molecule has 1 saturated heterocycles. The van der Waals surface area contributed by atoms with Gasteiger partial charge < -0.3 is 10.1 Å². The van der Waals surface area contributed by atoms with Crippen LogP contribution in [0.15, 0.2) is 14.7 Å². The highest BCUT2D eigenvalue weighted by Crippen LogP contribution is 2.32. The number of hydrogen-bond acceptors (Lipinski definition) is 5. The molecule has 0 spiro atoms. The number of halogens is 1. The van der Waals surface area contributed by atoms with Crippen LogP contribution in [0.4, 0.5) is 0 Å². The molecule has 1 aliphatic heterocycles. The molecule has 0 amide bonds. The molecular formula is C13H21BrN2O3S2. The fourth-order valence-electron chi connectivity index (χ4n) is 2.22. The Kier molecular flexibility index (Phi) is 5.84. The van der Waals surface area contributed by atoms with Gasteiger partial charge in [-0.1, -0.05) is 6.92 Å². The van der Waals surface area contributed by atoms with Gasteiger partial charge in [0.25, 0.3) is 0 Å². The first-order valence-corrected chi connectivity index (χ1v) is 10.1. The number of rotatable bonds is 7. The van der Waals surface area contributed by atoms with E-state index in [1.807, 2.05) is 13.8 Å². The Balaban J connectivity index is 2.06. The summed E-state index contributed by atoms with van der Waals surface area (Å²) >= 11 is 4.79. The molecule has 1 atom stereocenters.